The Morgan fingerprint density at radius 3 is 2.52 bits per heavy atom. The number of nitrogens with zero attached hydrogens (tertiary/aromatic N) is 2. The number of aryl methyl sites for hydroxylation is 1. The molecule has 0 saturated heterocycles. The molecule has 0 aliphatic carbocycles. The average Bonchev–Trinajstić information content (AvgIpc) is 3.03. The molecule has 1 amide bonds. The molecule has 0 bridgehead atoms. The van der Waals surface area contributed by atoms with Crippen LogP contribution < -0.4 is 5.32 Å². The van der Waals surface area contributed by atoms with E-state index in [0.717, 1.165) is 15.6 Å². The van der Waals surface area contributed by atoms with Gasteiger partial charge in [-0.05, 0) is 43.3 Å². The van der Waals surface area contributed by atoms with Crippen molar-refractivity contribution in [2.24, 2.45) is 0 Å². The van der Waals surface area contributed by atoms with Crippen molar-refractivity contribution in [1.29, 1.82) is 0 Å². The molecule has 0 aliphatic rings. The van der Waals surface area contributed by atoms with Gasteiger partial charge < -0.3 is 9.84 Å². The fourth-order valence-corrected chi connectivity index (χ4v) is 2.27. The minimum atomic E-state index is -0.181. The van der Waals surface area contributed by atoms with Gasteiger partial charge >= 0.3 is 0 Å². The molecule has 23 heavy (non-hydrogen) atoms. The highest BCUT2D eigenvalue weighted by Crippen LogP contribution is 2.17. The highest BCUT2D eigenvalue weighted by molar-refractivity contribution is 9.10. The lowest BCUT2D eigenvalue weighted by molar-refractivity contribution is 0.0949. The van der Waals surface area contributed by atoms with E-state index in [1.165, 1.54) is 0 Å². The Labute approximate surface area is 141 Å². The zero-order chi connectivity index (χ0) is 16.2. The maximum absolute atomic E-state index is 12.0. The summed E-state index contributed by atoms with van der Waals surface area (Å²) >= 11 is 3.34. The third kappa shape index (κ3) is 3.84. The number of amides is 1. The Kier molecular flexibility index (Phi) is 4.52. The Hall–Kier alpha value is -2.47. The number of nitrogens with one attached hydrogen (secondary N) is 1. The minimum Gasteiger partial charge on any atom is -0.345 e. The number of rotatable bonds is 4. The smallest absolute Gasteiger partial charge is 0.257 e. The monoisotopic (exact) mass is 371 g/mol. The highest BCUT2D eigenvalue weighted by atomic mass is 79.9. The second-order valence-corrected chi connectivity index (χ2v) is 5.99. The van der Waals surface area contributed by atoms with E-state index in [9.17, 15) is 4.79 Å². The van der Waals surface area contributed by atoms with E-state index in [2.05, 4.69) is 31.4 Å². The van der Waals surface area contributed by atoms with Crippen LogP contribution in [0.2, 0.25) is 0 Å². The molecule has 0 spiro atoms. The van der Waals surface area contributed by atoms with E-state index in [1.807, 2.05) is 43.3 Å². The first-order chi connectivity index (χ1) is 11.1. The number of benzene rings is 2. The zero-order valence-corrected chi connectivity index (χ0v) is 14.0. The first-order valence-corrected chi connectivity index (χ1v) is 7.84. The van der Waals surface area contributed by atoms with Crippen LogP contribution in [0.15, 0.2) is 57.5 Å². The minimum absolute atomic E-state index is 0.181. The number of halogens is 1. The first kappa shape index (κ1) is 15.4. The fraction of sp³-hybridized carbons (Fsp3) is 0.118. The predicted molar refractivity (Wildman–Crippen MR) is 89.8 cm³/mol. The van der Waals surface area contributed by atoms with Crippen LogP contribution in [0.25, 0.3) is 11.5 Å². The molecule has 0 fully saturated rings. The van der Waals surface area contributed by atoms with Crippen molar-refractivity contribution in [1.82, 2.24) is 15.5 Å². The summed E-state index contributed by atoms with van der Waals surface area (Å²) in [5.41, 5.74) is 2.60. The van der Waals surface area contributed by atoms with Crippen molar-refractivity contribution < 1.29 is 9.32 Å². The summed E-state index contributed by atoms with van der Waals surface area (Å²) in [5.74, 6) is 0.697. The third-order valence-electron chi connectivity index (χ3n) is 3.28. The molecule has 2 aromatic carbocycles. The second kappa shape index (κ2) is 6.75. The topological polar surface area (TPSA) is 68.0 Å². The molecule has 0 atom stereocenters. The van der Waals surface area contributed by atoms with Crippen LogP contribution in [-0.4, -0.2) is 16.0 Å². The molecule has 3 aromatic rings. The van der Waals surface area contributed by atoms with Gasteiger partial charge in [-0.1, -0.05) is 38.8 Å². The van der Waals surface area contributed by atoms with E-state index < -0.39 is 0 Å². The normalized spacial score (nSPS) is 10.5. The van der Waals surface area contributed by atoms with E-state index in [4.69, 9.17) is 4.52 Å². The molecule has 5 nitrogen and oxygen atoms in total. The summed E-state index contributed by atoms with van der Waals surface area (Å²) < 4.78 is 6.15. The highest BCUT2D eigenvalue weighted by Gasteiger charge is 2.10. The third-order valence-corrected chi connectivity index (χ3v) is 3.81. The van der Waals surface area contributed by atoms with Gasteiger partial charge in [-0.2, -0.15) is 4.98 Å². The predicted octanol–water partition coefficient (Wildman–Crippen LogP) is 3.74. The van der Waals surface area contributed by atoms with Crippen LogP contribution in [0.3, 0.4) is 0 Å². The molecule has 0 unspecified atom stereocenters. The van der Waals surface area contributed by atoms with Crippen LogP contribution in [0.5, 0.6) is 0 Å². The number of carbonyl (C=O) groups is 1. The van der Waals surface area contributed by atoms with Gasteiger partial charge in [0, 0.05) is 15.6 Å². The molecule has 3 rings (SSSR count). The lowest BCUT2D eigenvalue weighted by Crippen LogP contribution is -2.23. The molecule has 1 aromatic heterocycles. The van der Waals surface area contributed by atoms with Gasteiger partial charge in [0.1, 0.15) is 0 Å². The Bertz CT molecular complexity index is 811. The number of carbonyl (C=O) groups excluding carboxylic acids is 1. The molecule has 0 saturated carbocycles. The van der Waals surface area contributed by atoms with Crippen molar-refractivity contribution in [3.8, 4) is 11.5 Å². The Morgan fingerprint density at radius 2 is 1.83 bits per heavy atom. The van der Waals surface area contributed by atoms with Gasteiger partial charge in [0.05, 0.1) is 6.54 Å². The van der Waals surface area contributed by atoms with Crippen LogP contribution >= 0.6 is 15.9 Å². The van der Waals surface area contributed by atoms with Gasteiger partial charge in [0.15, 0.2) is 5.82 Å². The van der Waals surface area contributed by atoms with E-state index >= 15 is 0 Å². The summed E-state index contributed by atoms with van der Waals surface area (Å²) in [4.78, 5) is 16.3. The van der Waals surface area contributed by atoms with Crippen molar-refractivity contribution >= 4 is 21.8 Å². The molecule has 6 heteroatoms. The number of hydrogen-bond donors (Lipinski definition) is 1. The van der Waals surface area contributed by atoms with Gasteiger partial charge in [0.2, 0.25) is 0 Å². The largest absolute Gasteiger partial charge is 0.345 e. The van der Waals surface area contributed by atoms with Crippen molar-refractivity contribution in [3.05, 3.63) is 70.0 Å². The van der Waals surface area contributed by atoms with Crippen molar-refractivity contribution in [3.63, 3.8) is 0 Å². The molecular formula is C17H14BrN3O2. The van der Waals surface area contributed by atoms with Crippen LogP contribution in [0.4, 0.5) is 0 Å². The van der Waals surface area contributed by atoms with Crippen LogP contribution in [-0.2, 0) is 6.54 Å². The van der Waals surface area contributed by atoms with Crippen molar-refractivity contribution in [2.45, 2.75) is 13.5 Å². The maximum atomic E-state index is 12.0. The molecule has 0 radical (unpaired) electrons. The van der Waals surface area contributed by atoms with Gasteiger partial charge in [-0.3, -0.25) is 4.79 Å². The summed E-state index contributed by atoms with van der Waals surface area (Å²) in [6.45, 7) is 2.23. The lowest BCUT2D eigenvalue weighted by atomic mass is 10.1. The molecule has 1 heterocycles. The van der Waals surface area contributed by atoms with E-state index in [1.54, 1.807) is 12.1 Å². The van der Waals surface area contributed by atoms with Crippen LogP contribution in [0.1, 0.15) is 21.7 Å². The Morgan fingerprint density at radius 1 is 1.13 bits per heavy atom. The Balaban J connectivity index is 1.64. The zero-order valence-electron chi connectivity index (χ0n) is 12.4. The summed E-state index contributed by atoms with van der Waals surface area (Å²) in [6, 6.07) is 14.9. The van der Waals surface area contributed by atoms with E-state index in [0.29, 0.717) is 17.3 Å². The van der Waals surface area contributed by atoms with Gasteiger partial charge in [0.25, 0.3) is 11.8 Å². The molecule has 0 aliphatic heterocycles. The standard InChI is InChI=1S/C17H14BrN3O2/c1-11-2-4-13(5-3-11)17-20-15(21-23-17)10-19-16(22)12-6-8-14(18)9-7-12/h2-9H,10H2,1H3,(H,19,22). The van der Waals surface area contributed by atoms with Gasteiger partial charge in [-0.25, -0.2) is 0 Å². The van der Waals surface area contributed by atoms with Crippen molar-refractivity contribution in [2.75, 3.05) is 0 Å². The van der Waals surface area contributed by atoms with Crippen LogP contribution in [0, 0.1) is 6.92 Å². The van der Waals surface area contributed by atoms with Gasteiger partial charge in [-0.15, -0.1) is 0 Å². The first-order valence-electron chi connectivity index (χ1n) is 7.05. The lowest BCUT2D eigenvalue weighted by Gasteiger charge is -2.02. The fourth-order valence-electron chi connectivity index (χ4n) is 2.00. The maximum Gasteiger partial charge on any atom is 0.257 e. The summed E-state index contributed by atoms with van der Waals surface area (Å²) in [7, 11) is 0. The molecule has 1 N–H and O–H groups in total. The summed E-state index contributed by atoms with van der Waals surface area (Å²) in [6.07, 6.45) is 0. The number of hydrogen-bond acceptors (Lipinski definition) is 4. The number of aromatic nitrogens is 2. The molecular weight excluding hydrogens is 358 g/mol. The SMILES string of the molecule is Cc1ccc(-c2nc(CNC(=O)c3ccc(Br)cc3)no2)cc1. The van der Waals surface area contributed by atoms with E-state index in [-0.39, 0.29) is 12.5 Å². The second-order valence-electron chi connectivity index (χ2n) is 5.07. The molecule has 116 valence electrons. The summed E-state index contributed by atoms with van der Waals surface area (Å²) in [5, 5.41) is 6.66. The average molecular weight is 372 g/mol. The quantitative estimate of drug-likeness (QED) is 0.758.